The van der Waals surface area contributed by atoms with Gasteiger partial charge in [0.05, 0.1) is 9.40 Å². The highest BCUT2D eigenvalue weighted by molar-refractivity contribution is 9.10. The lowest BCUT2D eigenvalue weighted by molar-refractivity contribution is -0.385. The van der Waals surface area contributed by atoms with Crippen LogP contribution in [0.5, 0.6) is 11.6 Å². The number of halogens is 1. The summed E-state index contributed by atoms with van der Waals surface area (Å²) in [6.45, 7) is 0. The summed E-state index contributed by atoms with van der Waals surface area (Å²) in [6, 6.07) is 6.19. The number of nitro benzene ring substituents is 1. The van der Waals surface area contributed by atoms with E-state index in [1.165, 1.54) is 24.5 Å². The topological polar surface area (TPSA) is 102 Å². The molecule has 2 rings (SSSR count). The van der Waals surface area contributed by atoms with Crippen molar-refractivity contribution in [3.8, 4) is 17.7 Å². The van der Waals surface area contributed by atoms with Crippen LogP contribution in [0.15, 0.2) is 35.1 Å². The molecule has 0 spiro atoms. The van der Waals surface area contributed by atoms with Crippen LogP contribution in [0.2, 0.25) is 0 Å². The number of hydrogen-bond donors (Lipinski definition) is 0. The van der Waals surface area contributed by atoms with Gasteiger partial charge < -0.3 is 4.74 Å². The number of nitriles is 1. The molecule has 0 saturated heterocycles. The molecule has 0 fully saturated rings. The van der Waals surface area contributed by atoms with E-state index < -0.39 is 4.92 Å². The number of ether oxygens (including phenoxy) is 1. The summed E-state index contributed by atoms with van der Waals surface area (Å²) in [6.07, 6.45) is 2.67. The maximum absolute atomic E-state index is 10.9. The van der Waals surface area contributed by atoms with Gasteiger partial charge in [-0.1, -0.05) is 6.07 Å². The molecule has 19 heavy (non-hydrogen) atoms. The highest BCUT2D eigenvalue weighted by Crippen LogP contribution is 2.37. The normalized spacial score (nSPS) is 9.68. The molecule has 1 aromatic heterocycles. The molecule has 0 aliphatic carbocycles. The molecule has 0 atom stereocenters. The lowest BCUT2D eigenvalue weighted by Crippen LogP contribution is -1.98. The predicted molar refractivity (Wildman–Crippen MR) is 67.6 cm³/mol. The number of benzene rings is 1. The third-order valence-electron chi connectivity index (χ3n) is 2.11. The zero-order valence-electron chi connectivity index (χ0n) is 9.28. The van der Waals surface area contributed by atoms with Crippen molar-refractivity contribution in [2.24, 2.45) is 0 Å². The molecule has 2 aromatic rings. The Morgan fingerprint density at radius 1 is 1.37 bits per heavy atom. The number of para-hydroxylation sites is 1. The number of hydrogen-bond acceptors (Lipinski definition) is 6. The summed E-state index contributed by atoms with van der Waals surface area (Å²) in [4.78, 5) is 17.9. The van der Waals surface area contributed by atoms with E-state index in [-0.39, 0.29) is 23.0 Å². The highest BCUT2D eigenvalue weighted by Gasteiger charge is 2.20. The average Bonchev–Trinajstić information content (AvgIpc) is 2.41. The van der Waals surface area contributed by atoms with Gasteiger partial charge in [0.15, 0.2) is 0 Å². The monoisotopic (exact) mass is 320 g/mol. The van der Waals surface area contributed by atoms with Gasteiger partial charge in [-0.15, -0.1) is 0 Å². The molecule has 0 radical (unpaired) electrons. The summed E-state index contributed by atoms with van der Waals surface area (Å²) in [5.74, 6) is -0.107. The molecule has 0 N–H and O–H groups in total. The second-order valence-corrected chi connectivity index (χ2v) is 4.12. The van der Waals surface area contributed by atoms with Crippen LogP contribution < -0.4 is 4.74 Å². The Bertz CT molecular complexity index is 684. The molecule has 8 heteroatoms. The summed E-state index contributed by atoms with van der Waals surface area (Å²) in [5.41, 5.74) is -0.281. The van der Waals surface area contributed by atoms with Gasteiger partial charge in [0.1, 0.15) is 6.07 Å². The van der Waals surface area contributed by atoms with E-state index in [0.717, 1.165) is 0 Å². The zero-order valence-corrected chi connectivity index (χ0v) is 10.9. The van der Waals surface area contributed by atoms with Crippen LogP contribution in [0.1, 0.15) is 5.69 Å². The first-order valence-electron chi connectivity index (χ1n) is 4.95. The molecule has 7 nitrogen and oxygen atoms in total. The van der Waals surface area contributed by atoms with Crippen LogP contribution in [0.4, 0.5) is 5.69 Å². The molecule has 0 aliphatic heterocycles. The maximum atomic E-state index is 10.9. The lowest BCUT2D eigenvalue weighted by atomic mass is 10.3. The smallest absolute Gasteiger partial charge is 0.312 e. The van der Waals surface area contributed by atoms with Crippen molar-refractivity contribution < 1.29 is 9.66 Å². The Kier molecular flexibility index (Phi) is 3.68. The fourth-order valence-electron chi connectivity index (χ4n) is 1.32. The van der Waals surface area contributed by atoms with E-state index in [1.54, 1.807) is 12.1 Å². The average molecular weight is 321 g/mol. The minimum absolute atomic E-state index is 0.0236. The van der Waals surface area contributed by atoms with Crippen LogP contribution in [0, 0.1) is 21.4 Å². The van der Waals surface area contributed by atoms with E-state index >= 15 is 0 Å². The largest absolute Gasteiger partial charge is 0.428 e. The second-order valence-electron chi connectivity index (χ2n) is 3.27. The van der Waals surface area contributed by atoms with Gasteiger partial charge in [-0.05, 0) is 22.0 Å². The molecule has 0 amide bonds. The molecule has 0 unspecified atom stereocenters. The first-order chi connectivity index (χ1) is 9.13. The third-order valence-corrected chi connectivity index (χ3v) is 2.74. The summed E-state index contributed by atoms with van der Waals surface area (Å²) in [7, 11) is 0. The number of rotatable bonds is 3. The number of nitrogens with zero attached hydrogens (tertiary/aromatic N) is 4. The van der Waals surface area contributed by atoms with Gasteiger partial charge in [0.2, 0.25) is 11.4 Å². The van der Waals surface area contributed by atoms with Gasteiger partial charge in [-0.2, -0.15) is 5.26 Å². The zero-order chi connectivity index (χ0) is 13.8. The van der Waals surface area contributed by atoms with Crippen LogP contribution in [-0.2, 0) is 0 Å². The molecule has 1 heterocycles. The number of nitro groups is 1. The molecule has 1 aromatic carbocycles. The van der Waals surface area contributed by atoms with Crippen molar-refractivity contribution >= 4 is 21.6 Å². The van der Waals surface area contributed by atoms with Crippen molar-refractivity contribution in [3.05, 3.63) is 50.9 Å². The van der Waals surface area contributed by atoms with Crippen LogP contribution in [0.25, 0.3) is 0 Å². The van der Waals surface area contributed by atoms with Crippen molar-refractivity contribution in [1.82, 2.24) is 9.97 Å². The standard InChI is InChI=1S/C11H5BrN4O3/c12-7-2-1-3-9(16(17)18)10(7)19-11-8(6-13)14-4-5-15-11/h1-5H. The lowest BCUT2D eigenvalue weighted by Gasteiger charge is -2.07. The van der Waals surface area contributed by atoms with Crippen LogP contribution in [0.3, 0.4) is 0 Å². The summed E-state index contributed by atoms with van der Waals surface area (Å²) in [5, 5.41) is 19.8. The molecular formula is C11H5BrN4O3. The van der Waals surface area contributed by atoms with E-state index in [9.17, 15) is 10.1 Å². The van der Waals surface area contributed by atoms with E-state index in [4.69, 9.17) is 10.00 Å². The minimum Gasteiger partial charge on any atom is -0.428 e. The molecular weight excluding hydrogens is 316 g/mol. The fraction of sp³-hybridized carbons (Fsp3) is 0. The van der Waals surface area contributed by atoms with Gasteiger partial charge in [0, 0.05) is 18.5 Å². The molecule has 0 aliphatic rings. The Labute approximate surface area is 115 Å². The molecule has 0 saturated carbocycles. The molecule has 0 bridgehead atoms. The third kappa shape index (κ3) is 2.66. The highest BCUT2D eigenvalue weighted by atomic mass is 79.9. The predicted octanol–water partition coefficient (Wildman–Crippen LogP) is 2.81. The van der Waals surface area contributed by atoms with Gasteiger partial charge in [-0.25, -0.2) is 9.97 Å². The van der Waals surface area contributed by atoms with Crippen molar-refractivity contribution in [1.29, 1.82) is 5.26 Å². The van der Waals surface area contributed by atoms with Gasteiger partial charge in [0.25, 0.3) is 5.88 Å². The first kappa shape index (κ1) is 12.9. The van der Waals surface area contributed by atoms with Crippen LogP contribution >= 0.6 is 15.9 Å². The number of aromatic nitrogens is 2. The van der Waals surface area contributed by atoms with E-state index in [0.29, 0.717) is 4.47 Å². The van der Waals surface area contributed by atoms with Crippen LogP contribution in [-0.4, -0.2) is 14.9 Å². The minimum atomic E-state index is -0.581. The quantitative estimate of drug-likeness (QED) is 0.636. The fourth-order valence-corrected chi connectivity index (χ4v) is 1.75. The van der Waals surface area contributed by atoms with Crippen molar-refractivity contribution in [2.75, 3.05) is 0 Å². The Hall–Kier alpha value is -2.53. The van der Waals surface area contributed by atoms with Gasteiger partial charge >= 0.3 is 5.69 Å². The summed E-state index contributed by atoms with van der Waals surface area (Å²) >= 11 is 3.16. The second kappa shape index (κ2) is 5.41. The molecule has 94 valence electrons. The van der Waals surface area contributed by atoms with Crippen molar-refractivity contribution in [3.63, 3.8) is 0 Å². The summed E-state index contributed by atoms with van der Waals surface area (Å²) < 4.78 is 5.72. The van der Waals surface area contributed by atoms with E-state index in [2.05, 4.69) is 25.9 Å². The Morgan fingerprint density at radius 3 is 2.79 bits per heavy atom. The van der Waals surface area contributed by atoms with Crippen molar-refractivity contribution in [2.45, 2.75) is 0 Å². The SMILES string of the molecule is N#Cc1nccnc1Oc1c(Br)cccc1[N+](=O)[O-]. The Morgan fingerprint density at radius 2 is 2.11 bits per heavy atom. The maximum Gasteiger partial charge on any atom is 0.312 e. The van der Waals surface area contributed by atoms with E-state index in [1.807, 2.05) is 0 Å². The van der Waals surface area contributed by atoms with Gasteiger partial charge in [-0.3, -0.25) is 10.1 Å². The Balaban J connectivity index is 2.50. The first-order valence-corrected chi connectivity index (χ1v) is 5.74.